The van der Waals surface area contributed by atoms with Crippen molar-refractivity contribution >= 4 is 12.4 Å². The predicted octanol–water partition coefficient (Wildman–Crippen LogP) is 2.78. The monoisotopic (exact) mass is 351 g/mol. The van der Waals surface area contributed by atoms with Gasteiger partial charge in [-0.2, -0.15) is 4.98 Å². The SMILES string of the molecule is Cl.NC1(c2noc(CCc3ccc4c(c3)OCCO4)n2)CCCC1. The number of halogens is 1. The lowest BCUT2D eigenvalue weighted by molar-refractivity contribution is 0.171. The van der Waals surface area contributed by atoms with E-state index in [0.717, 1.165) is 49.2 Å². The molecule has 0 saturated heterocycles. The van der Waals surface area contributed by atoms with Crippen molar-refractivity contribution in [3.63, 3.8) is 0 Å². The maximum absolute atomic E-state index is 6.36. The van der Waals surface area contributed by atoms with Crippen molar-refractivity contribution < 1.29 is 14.0 Å². The van der Waals surface area contributed by atoms with Crippen molar-refractivity contribution in [1.29, 1.82) is 0 Å². The van der Waals surface area contributed by atoms with Gasteiger partial charge in [0.05, 0.1) is 5.54 Å². The quantitative estimate of drug-likeness (QED) is 0.911. The van der Waals surface area contributed by atoms with E-state index >= 15 is 0 Å². The largest absolute Gasteiger partial charge is 0.486 e. The van der Waals surface area contributed by atoms with Gasteiger partial charge in [-0.25, -0.2) is 0 Å². The summed E-state index contributed by atoms with van der Waals surface area (Å²) in [6, 6.07) is 6.02. The Kier molecular flexibility index (Phi) is 4.96. The topological polar surface area (TPSA) is 83.4 Å². The van der Waals surface area contributed by atoms with Gasteiger partial charge in [0.25, 0.3) is 0 Å². The Bertz CT molecular complexity index is 698. The van der Waals surface area contributed by atoms with Crippen LogP contribution in [0.1, 0.15) is 43.0 Å². The number of aryl methyl sites for hydroxylation is 2. The van der Waals surface area contributed by atoms with E-state index in [-0.39, 0.29) is 12.4 Å². The molecule has 0 bridgehead atoms. The summed E-state index contributed by atoms with van der Waals surface area (Å²) < 4.78 is 16.5. The van der Waals surface area contributed by atoms with Crippen LogP contribution < -0.4 is 15.2 Å². The maximum Gasteiger partial charge on any atom is 0.227 e. The molecule has 24 heavy (non-hydrogen) atoms. The molecule has 2 aliphatic rings. The van der Waals surface area contributed by atoms with Gasteiger partial charge in [0.2, 0.25) is 5.89 Å². The third-order valence-corrected chi connectivity index (χ3v) is 4.64. The minimum atomic E-state index is -0.390. The molecule has 1 saturated carbocycles. The van der Waals surface area contributed by atoms with Gasteiger partial charge in [0.15, 0.2) is 17.3 Å². The lowest BCUT2D eigenvalue weighted by atomic mass is 9.99. The molecule has 0 radical (unpaired) electrons. The van der Waals surface area contributed by atoms with Crippen LogP contribution in [0.5, 0.6) is 11.5 Å². The summed E-state index contributed by atoms with van der Waals surface area (Å²) in [5.74, 6) is 2.93. The van der Waals surface area contributed by atoms with Crippen LogP contribution in [0.2, 0.25) is 0 Å². The minimum Gasteiger partial charge on any atom is -0.486 e. The third kappa shape index (κ3) is 3.35. The van der Waals surface area contributed by atoms with Gasteiger partial charge in [-0.15, -0.1) is 12.4 Å². The fourth-order valence-corrected chi connectivity index (χ4v) is 3.28. The molecule has 1 fully saturated rings. The van der Waals surface area contributed by atoms with Gasteiger partial charge in [0, 0.05) is 6.42 Å². The number of fused-ring (bicyclic) bond motifs is 1. The first kappa shape index (κ1) is 17.0. The van der Waals surface area contributed by atoms with E-state index in [1.807, 2.05) is 18.2 Å². The normalized spacial score (nSPS) is 18.2. The number of aromatic nitrogens is 2. The highest BCUT2D eigenvalue weighted by Gasteiger charge is 2.35. The smallest absolute Gasteiger partial charge is 0.227 e. The molecule has 1 aromatic heterocycles. The first-order chi connectivity index (χ1) is 11.2. The summed E-state index contributed by atoms with van der Waals surface area (Å²) in [6.45, 7) is 1.21. The second-order valence-corrected chi connectivity index (χ2v) is 6.35. The van der Waals surface area contributed by atoms with Crippen molar-refractivity contribution in [2.24, 2.45) is 5.73 Å². The molecular formula is C17H22ClN3O3. The molecule has 6 nitrogen and oxygen atoms in total. The summed E-state index contributed by atoms with van der Waals surface area (Å²) >= 11 is 0. The number of rotatable bonds is 4. The van der Waals surface area contributed by atoms with Crippen molar-refractivity contribution in [1.82, 2.24) is 10.1 Å². The third-order valence-electron chi connectivity index (χ3n) is 4.64. The predicted molar refractivity (Wildman–Crippen MR) is 90.7 cm³/mol. The summed E-state index contributed by atoms with van der Waals surface area (Å²) in [5.41, 5.74) is 7.14. The molecule has 0 spiro atoms. The van der Waals surface area contributed by atoms with E-state index in [2.05, 4.69) is 10.1 Å². The summed E-state index contributed by atoms with van der Waals surface area (Å²) in [7, 11) is 0. The van der Waals surface area contributed by atoms with Crippen LogP contribution in [0.4, 0.5) is 0 Å². The van der Waals surface area contributed by atoms with E-state index in [1.54, 1.807) is 0 Å². The van der Waals surface area contributed by atoms with Gasteiger partial charge in [-0.1, -0.05) is 24.1 Å². The second kappa shape index (κ2) is 6.99. The molecule has 1 aromatic carbocycles. The summed E-state index contributed by atoms with van der Waals surface area (Å²) in [4.78, 5) is 4.51. The molecule has 0 atom stereocenters. The van der Waals surface area contributed by atoms with Crippen LogP contribution in [0.3, 0.4) is 0 Å². The van der Waals surface area contributed by atoms with Crippen molar-refractivity contribution in [2.45, 2.75) is 44.1 Å². The van der Waals surface area contributed by atoms with E-state index in [4.69, 9.17) is 19.7 Å². The molecule has 1 aliphatic carbocycles. The Morgan fingerprint density at radius 2 is 1.79 bits per heavy atom. The molecule has 0 unspecified atom stereocenters. The number of benzene rings is 1. The fourth-order valence-electron chi connectivity index (χ4n) is 3.28. The molecule has 130 valence electrons. The zero-order valence-electron chi connectivity index (χ0n) is 13.5. The minimum absolute atomic E-state index is 0. The standard InChI is InChI=1S/C17H21N3O3.ClH/c18-17(7-1-2-8-17)16-19-15(23-20-16)6-4-12-3-5-13-14(11-12)22-10-9-21-13;/h3,5,11H,1-2,4,6-10,18H2;1H. The van der Waals surface area contributed by atoms with Crippen molar-refractivity contribution in [2.75, 3.05) is 13.2 Å². The van der Waals surface area contributed by atoms with Crippen molar-refractivity contribution in [3.05, 3.63) is 35.5 Å². The van der Waals surface area contributed by atoms with Gasteiger partial charge >= 0.3 is 0 Å². The Morgan fingerprint density at radius 1 is 1.04 bits per heavy atom. The number of nitrogens with zero attached hydrogens (tertiary/aromatic N) is 2. The van der Waals surface area contributed by atoms with E-state index in [9.17, 15) is 0 Å². The van der Waals surface area contributed by atoms with E-state index in [1.165, 1.54) is 0 Å². The average Bonchev–Trinajstić information content (AvgIpc) is 3.23. The van der Waals surface area contributed by atoms with Gasteiger partial charge in [0.1, 0.15) is 13.2 Å². The Morgan fingerprint density at radius 3 is 2.58 bits per heavy atom. The van der Waals surface area contributed by atoms with Crippen LogP contribution in [0, 0.1) is 0 Å². The van der Waals surface area contributed by atoms with Crippen LogP contribution in [-0.4, -0.2) is 23.4 Å². The lowest BCUT2D eigenvalue weighted by Crippen LogP contribution is -2.34. The zero-order chi connectivity index (χ0) is 15.7. The van der Waals surface area contributed by atoms with E-state index in [0.29, 0.717) is 31.3 Å². The number of ether oxygens (including phenoxy) is 2. The van der Waals surface area contributed by atoms with Gasteiger partial charge in [-0.3, -0.25) is 0 Å². The Balaban J connectivity index is 0.00000169. The molecule has 1 aliphatic heterocycles. The van der Waals surface area contributed by atoms with Gasteiger partial charge < -0.3 is 19.7 Å². The maximum atomic E-state index is 6.36. The molecule has 2 N–H and O–H groups in total. The first-order valence-electron chi connectivity index (χ1n) is 8.23. The first-order valence-corrected chi connectivity index (χ1v) is 8.23. The van der Waals surface area contributed by atoms with Crippen LogP contribution in [-0.2, 0) is 18.4 Å². The van der Waals surface area contributed by atoms with E-state index < -0.39 is 5.54 Å². The van der Waals surface area contributed by atoms with Crippen LogP contribution in [0.25, 0.3) is 0 Å². The van der Waals surface area contributed by atoms with Gasteiger partial charge in [-0.05, 0) is 37.0 Å². The highest BCUT2D eigenvalue weighted by atomic mass is 35.5. The zero-order valence-corrected chi connectivity index (χ0v) is 14.3. The molecule has 4 rings (SSSR count). The lowest BCUT2D eigenvalue weighted by Gasteiger charge is -2.18. The molecule has 0 amide bonds. The summed E-state index contributed by atoms with van der Waals surface area (Å²) in [6.07, 6.45) is 5.66. The number of hydrogen-bond donors (Lipinski definition) is 1. The number of nitrogens with two attached hydrogens (primary N) is 1. The molecule has 7 heteroatoms. The van der Waals surface area contributed by atoms with Crippen LogP contribution in [0.15, 0.2) is 22.7 Å². The molecule has 2 heterocycles. The second-order valence-electron chi connectivity index (χ2n) is 6.35. The molecule has 2 aromatic rings. The number of hydrogen-bond acceptors (Lipinski definition) is 6. The Hall–Kier alpha value is -1.79. The summed E-state index contributed by atoms with van der Waals surface area (Å²) in [5, 5.41) is 4.10. The van der Waals surface area contributed by atoms with Crippen LogP contribution >= 0.6 is 12.4 Å². The average molecular weight is 352 g/mol. The highest BCUT2D eigenvalue weighted by molar-refractivity contribution is 5.85. The fraction of sp³-hybridized carbons (Fsp3) is 0.529. The highest BCUT2D eigenvalue weighted by Crippen LogP contribution is 2.35. The van der Waals surface area contributed by atoms with Crippen molar-refractivity contribution in [3.8, 4) is 11.5 Å². The Labute approximate surface area is 147 Å². The molecular weight excluding hydrogens is 330 g/mol.